The first-order chi connectivity index (χ1) is 24.2. The van der Waals surface area contributed by atoms with Gasteiger partial charge in [0, 0.05) is 11.1 Å². The van der Waals surface area contributed by atoms with Crippen LogP contribution in [0.25, 0.3) is 23.3 Å². The lowest BCUT2D eigenvalue weighted by molar-refractivity contribution is -0.108. The molecule has 15 nitrogen and oxygen atoms in total. The van der Waals surface area contributed by atoms with Gasteiger partial charge in [0.05, 0.1) is 46.6 Å². The van der Waals surface area contributed by atoms with Crippen LogP contribution in [0.1, 0.15) is 27.0 Å². The van der Waals surface area contributed by atoms with Gasteiger partial charge in [0.25, 0.3) is 0 Å². The van der Waals surface area contributed by atoms with Crippen LogP contribution in [0, 0.1) is 0 Å². The number of carbonyl (C=O) groups excluding carboxylic acids is 2. The molecule has 0 atom stereocenters. The Morgan fingerprint density at radius 2 is 1.29 bits per heavy atom. The van der Waals surface area contributed by atoms with Crippen molar-refractivity contribution in [3.8, 4) is 22.6 Å². The van der Waals surface area contributed by atoms with Crippen molar-refractivity contribution in [1.82, 2.24) is 0 Å². The molecular weight excluding hydrogens is 703 g/mol. The van der Waals surface area contributed by atoms with Crippen molar-refractivity contribution in [3.05, 3.63) is 101 Å². The Morgan fingerprint density at radius 3 is 1.88 bits per heavy atom. The Bertz CT molecular complexity index is 2510. The van der Waals surface area contributed by atoms with Crippen molar-refractivity contribution in [1.29, 1.82) is 0 Å². The fourth-order valence-electron chi connectivity index (χ4n) is 5.46. The van der Waals surface area contributed by atoms with E-state index >= 15 is 0 Å². The Hall–Kier alpha value is -6.14. The molecule has 0 spiro atoms. The Labute approximate surface area is 291 Å². The number of hydrazone groups is 2. The van der Waals surface area contributed by atoms with Crippen LogP contribution in [-0.2, 0) is 25.0 Å². The van der Waals surface area contributed by atoms with E-state index in [0.29, 0.717) is 45.6 Å². The molecular formula is C34H25N5O10S2-2. The number of rotatable bonds is 9. The molecule has 0 saturated heterocycles. The standard InChI is InChI=1S/C34H27N5O10S2/c1-48-27-15-19(20-8-12-24(28(16-20)49-2)37-39-33-21-6-4-3-5-18(21)9-14-26(33)40)7-11-23(27)36-38-25-13-10-22-29(50(42,43)44)17-30(51(45,46)47)32(35)31(22)34(25)41/h3-17,36-37H,35H2,1-2H3,(H,42,43,44)(H,45,46,47)/p-2. The number of nitrogens with one attached hydrogen (secondary N) is 2. The highest BCUT2D eigenvalue weighted by Crippen LogP contribution is 2.37. The summed E-state index contributed by atoms with van der Waals surface area (Å²) in [4.78, 5) is 23.6. The average Bonchev–Trinajstić information content (AvgIpc) is 3.09. The highest BCUT2D eigenvalue weighted by atomic mass is 32.2. The third-order valence-corrected chi connectivity index (χ3v) is 9.68. The largest absolute Gasteiger partial charge is 0.744 e. The van der Waals surface area contributed by atoms with Gasteiger partial charge in [-0.3, -0.25) is 20.4 Å². The summed E-state index contributed by atoms with van der Waals surface area (Å²) in [6, 6.07) is 18.0. The molecule has 0 unspecified atom stereocenters. The molecule has 4 N–H and O–H groups in total. The molecule has 17 heteroatoms. The number of benzene rings is 4. The van der Waals surface area contributed by atoms with Crippen molar-refractivity contribution in [3.63, 3.8) is 0 Å². The molecule has 0 fully saturated rings. The zero-order valence-corrected chi connectivity index (χ0v) is 28.2. The van der Waals surface area contributed by atoms with E-state index in [9.17, 15) is 35.5 Å². The van der Waals surface area contributed by atoms with E-state index in [2.05, 4.69) is 21.1 Å². The van der Waals surface area contributed by atoms with Gasteiger partial charge in [0.2, 0.25) is 11.6 Å². The molecule has 0 saturated carbocycles. The fourth-order valence-corrected chi connectivity index (χ4v) is 6.87. The van der Waals surface area contributed by atoms with Gasteiger partial charge in [-0.2, -0.15) is 10.2 Å². The number of ketones is 2. The summed E-state index contributed by atoms with van der Waals surface area (Å²) < 4.78 is 82.0. The molecule has 2 aliphatic carbocycles. The number of carbonyl (C=O) groups is 2. The van der Waals surface area contributed by atoms with Gasteiger partial charge >= 0.3 is 0 Å². The van der Waals surface area contributed by atoms with Crippen LogP contribution in [0.5, 0.6) is 11.5 Å². The van der Waals surface area contributed by atoms with Crippen molar-refractivity contribution in [2.45, 2.75) is 9.79 Å². The van der Waals surface area contributed by atoms with Crippen LogP contribution in [0.4, 0.5) is 17.1 Å². The predicted molar refractivity (Wildman–Crippen MR) is 187 cm³/mol. The van der Waals surface area contributed by atoms with Crippen molar-refractivity contribution >= 4 is 72.4 Å². The summed E-state index contributed by atoms with van der Waals surface area (Å²) in [7, 11) is -7.79. The van der Waals surface area contributed by atoms with Crippen LogP contribution in [-0.4, -0.2) is 63.2 Å². The number of fused-ring (bicyclic) bond motifs is 2. The van der Waals surface area contributed by atoms with Crippen LogP contribution < -0.4 is 26.1 Å². The number of nitrogens with two attached hydrogens (primary N) is 1. The summed E-state index contributed by atoms with van der Waals surface area (Å²) in [5, 5.41) is 8.42. The quantitative estimate of drug-likeness (QED) is 0.126. The van der Waals surface area contributed by atoms with Gasteiger partial charge in [-0.15, -0.1) is 0 Å². The molecule has 0 amide bonds. The fraction of sp³-hybridized carbons (Fsp3) is 0.0588. The molecule has 4 aromatic rings. The number of hydrogen-bond acceptors (Lipinski definition) is 15. The second kappa shape index (κ2) is 13.3. The summed E-state index contributed by atoms with van der Waals surface area (Å²) in [5.41, 5.74) is 13.2. The summed E-state index contributed by atoms with van der Waals surface area (Å²) in [6.07, 6.45) is 5.35. The Balaban J connectivity index is 1.26. The summed E-state index contributed by atoms with van der Waals surface area (Å²) in [6.45, 7) is 0. The predicted octanol–water partition coefficient (Wildman–Crippen LogP) is 3.85. The zero-order valence-electron chi connectivity index (χ0n) is 26.5. The van der Waals surface area contributed by atoms with Crippen molar-refractivity contribution < 1.29 is 45.0 Å². The number of allylic oxidation sites excluding steroid dienone is 2. The number of methoxy groups -OCH3 is 2. The van der Waals surface area contributed by atoms with Gasteiger partial charge in [-0.1, -0.05) is 48.6 Å². The first-order valence-electron chi connectivity index (χ1n) is 14.7. The molecule has 2 aliphatic rings. The molecule has 0 aliphatic heterocycles. The SMILES string of the molecule is COc1cc(-c2ccc(NN=C3C(=O)C=Cc4ccccc43)c(OC)c2)ccc1NN=C1C=Cc2c(S(=O)(=O)[O-])cc(S(=O)(=O)[O-])c(N)c2C1=O. The van der Waals surface area contributed by atoms with Crippen LogP contribution in [0.3, 0.4) is 0 Å². The monoisotopic (exact) mass is 727 g/mol. The van der Waals surface area contributed by atoms with E-state index in [4.69, 9.17) is 15.2 Å². The van der Waals surface area contributed by atoms with Crippen molar-refractivity contribution in [2.24, 2.45) is 10.2 Å². The zero-order chi connectivity index (χ0) is 36.7. The third kappa shape index (κ3) is 6.73. The molecule has 0 heterocycles. The second-order valence-electron chi connectivity index (χ2n) is 10.9. The first kappa shape index (κ1) is 34.7. The normalized spacial score (nSPS) is 15.5. The van der Waals surface area contributed by atoms with Crippen LogP contribution in [0.15, 0.2) is 98.9 Å². The smallest absolute Gasteiger partial charge is 0.215 e. The minimum Gasteiger partial charge on any atom is -0.744 e. The molecule has 0 radical (unpaired) electrons. The number of ether oxygens (including phenoxy) is 2. The number of Topliss-reactive ketones (excluding diaryl/α,β-unsaturated/α-hetero) is 1. The molecule has 51 heavy (non-hydrogen) atoms. The Kier molecular flexibility index (Phi) is 9.05. The average molecular weight is 728 g/mol. The molecule has 260 valence electrons. The highest BCUT2D eigenvalue weighted by Gasteiger charge is 2.30. The molecule has 0 bridgehead atoms. The highest BCUT2D eigenvalue weighted by molar-refractivity contribution is 7.86. The van der Waals surface area contributed by atoms with Gasteiger partial charge in [0.15, 0.2) is 0 Å². The van der Waals surface area contributed by atoms with Crippen LogP contribution >= 0.6 is 0 Å². The van der Waals surface area contributed by atoms with E-state index in [0.717, 1.165) is 17.7 Å². The topological polar surface area (TPSA) is 242 Å². The van der Waals surface area contributed by atoms with Gasteiger partial charge < -0.3 is 24.3 Å². The summed E-state index contributed by atoms with van der Waals surface area (Å²) >= 11 is 0. The van der Waals surface area contributed by atoms with E-state index in [1.807, 2.05) is 24.3 Å². The van der Waals surface area contributed by atoms with E-state index in [1.165, 1.54) is 20.3 Å². The maximum absolute atomic E-state index is 13.3. The minimum absolute atomic E-state index is 0.242. The molecule has 0 aromatic heterocycles. The second-order valence-corrected chi connectivity index (χ2v) is 13.6. The van der Waals surface area contributed by atoms with E-state index in [1.54, 1.807) is 42.5 Å². The molecule has 6 rings (SSSR count). The maximum Gasteiger partial charge on any atom is 0.215 e. The lowest BCUT2D eigenvalue weighted by Crippen LogP contribution is -2.23. The third-order valence-electron chi connectivity index (χ3n) is 7.92. The number of hydrogen-bond donors (Lipinski definition) is 3. The first-order valence-corrected chi connectivity index (χ1v) is 17.5. The number of nitrogen functional groups attached to an aromatic ring is 1. The van der Waals surface area contributed by atoms with Gasteiger partial charge in [-0.05, 0) is 59.2 Å². The van der Waals surface area contributed by atoms with Crippen molar-refractivity contribution in [2.75, 3.05) is 30.8 Å². The van der Waals surface area contributed by atoms with Gasteiger partial charge in [0.1, 0.15) is 43.2 Å². The molecule has 4 aromatic carbocycles. The van der Waals surface area contributed by atoms with Gasteiger partial charge in [-0.25, -0.2) is 16.8 Å². The Morgan fingerprint density at radius 1 is 0.706 bits per heavy atom. The van der Waals surface area contributed by atoms with E-state index in [-0.39, 0.29) is 17.2 Å². The lowest BCUT2D eigenvalue weighted by atomic mass is 9.93. The van der Waals surface area contributed by atoms with Crippen LogP contribution in [0.2, 0.25) is 0 Å². The van der Waals surface area contributed by atoms with E-state index < -0.39 is 52.6 Å². The number of anilines is 3. The summed E-state index contributed by atoms with van der Waals surface area (Å²) in [5.74, 6) is -0.561. The minimum atomic E-state index is -5.37. The number of nitrogens with zero attached hydrogens (tertiary/aromatic N) is 2. The maximum atomic E-state index is 13.3. The lowest BCUT2D eigenvalue weighted by Gasteiger charge is -2.22.